The SMILES string of the molecule is C=CCS(=O)(=O)C(=O)O. The van der Waals surface area contributed by atoms with Gasteiger partial charge in [-0.25, -0.2) is 13.2 Å². The van der Waals surface area contributed by atoms with Crippen LogP contribution in [-0.4, -0.2) is 24.6 Å². The Bertz CT molecular complexity index is 213. The second kappa shape index (κ2) is 2.63. The molecule has 1 N–H and O–H groups in total. The average molecular weight is 150 g/mol. The summed E-state index contributed by atoms with van der Waals surface area (Å²) < 4.78 is 20.5. The van der Waals surface area contributed by atoms with Crippen molar-refractivity contribution in [2.24, 2.45) is 0 Å². The third kappa shape index (κ3) is 2.27. The third-order valence-electron chi connectivity index (χ3n) is 0.603. The first-order valence-electron chi connectivity index (χ1n) is 2.07. The van der Waals surface area contributed by atoms with E-state index in [-0.39, 0.29) is 0 Å². The Morgan fingerprint density at radius 1 is 1.67 bits per heavy atom. The summed E-state index contributed by atoms with van der Waals surface area (Å²) in [6.45, 7) is 3.09. The van der Waals surface area contributed by atoms with Crippen molar-refractivity contribution in [3.05, 3.63) is 12.7 Å². The molecule has 0 aliphatic rings. The lowest BCUT2D eigenvalue weighted by atomic mass is 10.8. The molecule has 0 saturated heterocycles. The van der Waals surface area contributed by atoms with Gasteiger partial charge in [0.1, 0.15) is 0 Å². The Morgan fingerprint density at radius 2 is 2.11 bits per heavy atom. The van der Waals surface area contributed by atoms with Gasteiger partial charge in [0.15, 0.2) is 0 Å². The van der Waals surface area contributed by atoms with Crippen LogP contribution >= 0.6 is 0 Å². The maximum Gasteiger partial charge on any atom is 0.422 e. The van der Waals surface area contributed by atoms with Gasteiger partial charge in [-0.3, -0.25) is 0 Å². The summed E-state index contributed by atoms with van der Waals surface area (Å²) in [6.07, 6.45) is 1.03. The average Bonchev–Trinajstić information content (AvgIpc) is 1.65. The van der Waals surface area contributed by atoms with E-state index in [1.165, 1.54) is 0 Å². The predicted octanol–water partition coefficient (Wildman–Crippen LogP) is 0.265. The molecule has 0 amide bonds. The fourth-order valence-corrected chi connectivity index (χ4v) is 0.679. The molecule has 0 aromatic heterocycles. The van der Waals surface area contributed by atoms with Gasteiger partial charge in [0, 0.05) is 0 Å². The molecule has 5 heteroatoms. The molecular weight excluding hydrogens is 144 g/mol. The molecular formula is C4H6O4S. The molecule has 52 valence electrons. The number of rotatable bonds is 2. The Hall–Kier alpha value is -0.840. The standard InChI is InChI=1S/C4H6O4S/c1-2-3-9(7,8)4(5)6/h2H,1,3H2,(H,5,6). The van der Waals surface area contributed by atoms with Crippen molar-refractivity contribution in [1.29, 1.82) is 0 Å². The summed E-state index contributed by atoms with van der Waals surface area (Å²) >= 11 is 0. The van der Waals surface area contributed by atoms with E-state index in [0.29, 0.717) is 0 Å². The monoisotopic (exact) mass is 150 g/mol. The van der Waals surface area contributed by atoms with Gasteiger partial charge in [0.05, 0.1) is 5.75 Å². The second-order valence-electron chi connectivity index (χ2n) is 1.34. The Morgan fingerprint density at radius 3 is 2.22 bits per heavy atom. The maximum absolute atomic E-state index is 10.3. The normalized spacial score (nSPS) is 10.7. The van der Waals surface area contributed by atoms with Crippen LogP contribution in [0, 0.1) is 0 Å². The smallest absolute Gasteiger partial charge is 0.422 e. The van der Waals surface area contributed by atoms with Crippen molar-refractivity contribution < 1.29 is 18.3 Å². The van der Waals surface area contributed by atoms with Gasteiger partial charge in [-0.1, -0.05) is 6.08 Å². The highest BCUT2D eigenvalue weighted by Crippen LogP contribution is 1.90. The van der Waals surface area contributed by atoms with E-state index >= 15 is 0 Å². The number of sulfone groups is 1. The van der Waals surface area contributed by atoms with Crippen molar-refractivity contribution in [1.82, 2.24) is 0 Å². The van der Waals surface area contributed by atoms with Crippen LogP contribution in [-0.2, 0) is 9.84 Å². The van der Waals surface area contributed by atoms with Crippen molar-refractivity contribution in [3.63, 3.8) is 0 Å². The minimum atomic E-state index is -3.95. The van der Waals surface area contributed by atoms with Gasteiger partial charge >= 0.3 is 5.30 Å². The van der Waals surface area contributed by atoms with E-state index in [0.717, 1.165) is 6.08 Å². The maximum atomic E-state index is 10.3. The van der Waals surface area contributed by atoms with Crippen molar-refractivity contribution >= 4 is 15.1 Å². The summed E-state index contributed by atoms with van der Waals surface area (Å²) in [6, 6.07) is 0. The van der Waals surface area contributed by atoms with Crippen LogP contribution in [0.4, 0.5) is 4.79 Å². The minimum Gasteiger partial charge on any atom is -0.470 e. The van der Waals surface area contributed by atoms with Gasteiger partial charge < -0.3 is 5.11 Å². The van der Waals surface area contributed by atoms with Crippen LogP contribution in [0.3, 0.4) is 0 Å². The van der Waals surface area contributed by atoms with Crippen LogP contribution in [0.15, 0.2) is 12.7 Å². The Kier molecular flexibility index (Phi) is 2.39. The lowest BCUT2D eigenvalue weighted by molar-refractivity contribution is 0.219. The molecule has 0 aliphatic carbocycles. The van der Waals surface area contributed by atoms with Gasteiger partial charge in [0.25, 0.3) is 9.84 Å². The first-order valence-corrected chi connectivity index (χ1v) is 3.72. The molecule has 0 radical (unpaired) electrons. The van der Waals surface area contributed by atoms with E-state index in [2.05, 4.69) is 6.58 Å². The van der Waals surface area contributed by atoms with Crippen LogP contribution in [0.1, 0.15) is 0 Å². The molecule has 0 heterocycles. The third-order valence-corrected chi connectivity index (χ3v) is 1.81. The highest BCUT2D eigenvalue weighted by molar-refractivity contribution is 8.05. The first-order chi connectivity index (χ1) is 4.00. The topological polar surface area (TPSA) is 71.4 Å². The van der Waals surface area contributed by atoms with E-state index in [4.69, 9.17) is 5.11 Å². The number of carbonyl (C=O) groups is 1. The highest BCUT2D eigenvalue weighted by Gasteiger charge is 2.17. The minimum absolute atomic E-state index is 0.512. The second-order valence-corrected chi connectivity index (χ2v) is 3.25. The van der Waals surface area contributed by atoms with Crippen molar-refractivity contribution in [2.75, 3.05) is 5.75 Å². The van der Waals surface area contributed by atoms with Crippen LogP contribution in [0.2, 0.25) is 0 Å². The lowest BCUT2D eigenvalue weighted by Gasteiger charge is -1.88. The van der Waals surface area contributed by atoms with E-state index < -0.39 is 20.9 Å². The summed E-state index contributed by atoms with van der Waals surface area (Å²) in [4.78, 5) is 9.78. The van der Waals surface area contributed by atoms with Gasteiger partial charge in [-0.15, -0.1) is 6.58 Å². The van der Waals surface area contributed by atoms with Crippen LogP contribution < -0.4 is 0 Å². The number of hydrogen-bond donors (Lipinski definition) is 1. The van der Waals surface area contributed by atoms with Gasteiger partial charge in [0.2, 0.25) is 0 Å². The summed E-state index contributed by atoms with van der Waals surface area (Å²) in [5.41, 5.74) is 0. The van der Waals surface area contributed by atoms with E-state index in [1.807, 2.05) is 0 Å². The Balaban J connectivity index is 4.41. The highest BCUT2D eigenvalue weighted by atomic mass is 32.2. The largest absolute Gasteiger partial charge is 0.470 e. The number of carboxylic acid groups (broad SMARTS) is 1. The van der Waals surface area contributed by atoms with Crippen LogP contribution in [0.5, 0.6) is 0 Å². The molecule has 0 spiro atoms. The van der Waals surface area contributed by atoms with Gasteiger partial charge in [-0.05, 0) is 0 Å². The van der Waals surface area contributed by atoms with Gasteiger partial charge in [-0.2, -0.15) is 0 Å². The quantitative estimate of drug-likeness (QED) is 0.573. The number of hydrogen-bond acceptors (Lipinski definition) is 3. The summed E-state index contributed by atoms with van der Waals surface area (Å²) in [5.74, 6) is -0.512. The molecule has 0 rings (SSSR count). The molecule has 0 atom stereocenters. The molecule has 0 bridgehead atoms. The molecule has 0 aromatic carbocycles. The Labute approximate surface area is 52.7 Å². The predicted molar refractivity (Wildman–Crippen MR) is 32.0 cm³/mol. The van der Waals surface area contributed by atoms with Crippen LogP contribution in [0.25, 0.3) is 0 Å². The molecule has 9 heavy (non-hydrogen) atoms. The zero-order chi connectivity index (χ0) is 7.49. The molecule has 0 unspecified atom stereocenters. The van der Waals surface area contributed by atoms with E-state index in [1.54, 1.807) is 0 Å². The molecule has 4 nitrogen and oxygen atoms in total. The summed E-state index contributed by atoms with van der Waals surface area (Å²) in [5, 5.41) is 6.13. The first kappa shape index (κ1) is 8.16. The zero-order valence-electron chi connectivity index (χ0n) is 4.57. The summed E-state index contributed by atoms with van der Waals surface area (Å²) in [7, 11) is -3.95. The van der Waals surface area contributed by atoms with E-state index in [9.17, 15) is 13.2 Å². The lowest BCUT2D eigenvalue weighted by Crippen LogP contribution is -2.13. The fourth-order valence-electron chi connectivity index (χ4n) is 0.226. The van der Waals surface area contributed by atoms with Crippen molar-refractivity contribution in [2.45, 2.75) is 0 Å². The fraction of sp³-hybridized carbons (Fsp3) is 0.250. The zero-order valence-corrected chi connectivity index (χ0v) is 5.39. The molecule has 0 aliphatic heterocycles. The molecule has 0 aromatic rings. The van der Waals surface area contributed by atoms with Crippen molar-refractivity contribution in [3.8, 4) is 0 Å². The molecule has 0 fully saturated rings. The molecule has 0 saturated carbocycles.